The fourth-order valence-electron chi connectivity index (χ4n) is 2.94. The van der Waals surface area contributed by atoms with E-state index in [9.17, 15) is 8.42 Å². The maximum atomic E-state index is 12.8. The molecule has 22 heavy (non-hydrogen) atoms. The number of benzene rings is 1. The molecule has 1 aromatic carbocycles. The van der Waals surface area contributed by atoms with Gasteiger partial charge in [-0.1, -0.05) is 6.07 Å². The van der Waals surface area contributed by atoms with Gasteiger partial charge in [-0.2, -0.15) is 9.57 Å². The van der Waals surface area contributed by atoms with E-state index in [0.717, 1.165) is 12.8 Å². The third-order valence-electron chi connectivity index (χ3n) is 4.05. The smallest absolute Gasteiger partial charge is 0.243 e. The Bertz CT molecular complexity index is 677. The number of hydrogen-bond acceptors (Lipinski definition) is 5. The lowest BCUT2D eigenvalue weighted by Gasteiger charge is -2.33. The first-order chi connectivity index (χ1) is 10.6. The largest absolute Gasteiger partial charge is 0.350 e. The Balaban J connectivity index is 1.80. The summed E-state index contributed by atoms with van der Waals surface area (Å²) in [6.07, 6.45) is 1.38. The number of piperidine rings is 1. The molecule has 2 aliphatic heterocycles. The molecule has 2 fully saturated rings. The molecule has 0 N–H and O–H groups in total. The summed E-state index contributed by atoms with van der Waals surface area (Å²) in [5, 5.41) is 8.93. The van der Waals surface area contributed by atoms with E-state index in [1.807, 2.05) is 6.07 Å². The second-order valence-electron chi connectivity index (χ2n) is 5.51. The third kappa shape index (κ3) is 3.01. The molecule has 0 aromatic heterocycles. The number of hydrogen-bond donors (Lipinski definition) is 0. The molecule has 1 atom stereocenters. The van der Waals surface area contributed by atoms with Gasteiger partial charge in [-0.25, -0.2) is 8.42 Å². The third-order valence-corrected chi connectivity index (χ3v) is 5.92. The first-order valence-corrected chi connectivity index (χ1v) is 8.79. The van der Waals surface area contributed by atoms with Crippen molar-refractivity contribution in [1.29, 1.82) is 5.26 Å². The molecule has 0 spiro atoms. The average Bonchev–Trinajstić information content (AvgIpc) is 3.09. The minimum atomic E-state index is -3.59. The van der Waals surface area contributed by atoms with Gasteiger partial charge in [0.05, 0.1) is 29.7 Å². The van der Waals surface area contributed by atoms with Crippen molar-refractivity contribution in [2.24, 2.45) is 5.92 Å². The summed E-state index contributed by atoms with van der Waals surface area (Å²) in [4.78, 5) is 0.167. The lowest BCUT2D eigenvalue weighted by Crippen LogP contribution is -2.43. The van der Waals surface area contributed by atoms with Crippen LogP contribution in [0.25, 0.3) is 0 Å². The molecule has 2 aliphatic rings. The van der Waals surface area contributed by atoms with Gasteiger partial charge in [0.2, 0.25) is 10.0 Å². The molecule has 6 nitrogen and oxygen atoms in total. The SMILES string of the molecule is N#Cc1cccc(S(=O)(=O)N2CCCC(C3OCCO3)C2)c1. The van der Waals surface area contributed by atoms with Crippen molar-refractivity contribution in [3.8, 4) is 6.07 Å². The van der Waals surface area contributed by atoms with Gasteiger partial charge in [-0.3, -0.25) is 0 Å². The van der Waals surface area contributed by atoms with Crippen LogP contribution in [0.3, 0.4) is 0 Å². The van der Waals surface area contributed by atoms with Gasteiger partial charge in [0.25, 0.3) is 0 Å². The molecule has 1 aromatic rings. The first-order valence-electron chi connectivity index (χ1n) is 7.35. The molecule has 0 radical (unpaired) electrons. The van der Waals surface area contributed by atoms with Crippen molar-refractivity contribution in [3.05, 3.63) is 29.8 Å². The van der Waals surface area contributed by atoms with Crippen molar-refractivity contribution >= 4 is 10.0 Å². The Labute approximate surface area is 130 Å². The van der Waals surface area contributed by atoms with Crippen LogP contribution in [0, 0.1) is 17.2 Å². The number of rotatable bonds is 3. The fourth-order valence-corrected chi connectivity index (χ4v) is 4.52. The Hall–Kier alpha value is -1.46. The molecular weight excluding hydrogens is 304 g/mol. The predicted octanol–water partition coefficient (Wildman–Crippen LogP) is 1.33. The van der Waals surface area contributed by atoms with E-state index < -0.39 is 10.0 Å². The van der Waals surface area contributed by atoms with Crippen molar-refractivity contribution in [3.63, 3.8) is 0 Å². The minimum absolute atomic E-state index is 0.0603. The monoisotopic (exact) mass is 322 g/mol. The van der Waals surface area contributed by atoms with Crippen LogP contribution in [0.15, 0.2) is 29.2 Å². The van der Waals surface area contributed by atoms with Crippen LogP contribution in [-0.4, -0.2) is 45.3 Å². The topological polar surface area (TPSA) is 79.6 Å². The maximum absolute atomic E-state index is 12.8. The molecule has 0 bridgehead atoms. The van der Waals surface area contributed by atoms with Crippen LogP contribution in [0.5, 0.6) is 0 Å². The Morgan fingerprint density at radius 1 is 1.27 bits per heavy atom. The summed E-state index contributed by atoms with van der Waals surface area (Å²) < 4.78 is 38.0. The fraction of sp³-hybridized carbons (Fsp3) is 0.533. The summed E-state index contributed by atoms with van der Waals surface area (Å²) in [5.41, 5.74) is 0.345. The highest BCUT2D eigenvalue weighted by Gasteiger charge is 2.36. The van der Waals surface area contributed by atoms with E-state index in [4.69, 9.17) is 14.7 Å². The summed E-state index contributed by atoms with van der Waals surface area (Å²) >= 11 is 0. The molecule has 1 unspecified atom stereocenters. The molecule has 2 saturated heterocycles. The summed E-state index contributed by atoms with van der Waals surface area (Å²) in [7, 11) is -3.59. The predicted molar refractivity (Wildman–Crippen MR) is 78.3 cm³/mol. The first kappa shape index (κ1) is 15.4. The van der Waals surface area contributed by atoms with Crippen molar-refractivity contribution < 1.29 is 17.9 Å². The van der Waals surface area contributed by atoms with Gasteiger partial charge >= 0.3 is 0 Å². The number of nitrogens with zero attached hydrogens (tertiary/aromatic N) is 2. The van der Waals surface area contributed by atoms with Gasteiger partial charge < -0.3 is 9.47 Å². The molecule has 0 aliphatic carbocycles. The maximum Gasteiger partial charge on any atom is 0.243 e. The van der Waals surface area contributed by atoms with E-state index in [1.54, 1.807) is 12.1 Å². The normalized spacial score (nSPS) is 24.2. The Kier molecular flexibility index (Phi) is 4.45. The second kappa shape index (κ2) is 6.34. The van der Waals surface area contributed by atoms with Crippen molar-refractivity contribution in [2.75, 3.05) is 26.3 Å². The lowest BCUT2D eigenvalue weighted by atomic mass is 9.99. The summed E-state index contributed by atoms with van der Waals surface area (Å²) in [6, 6.07) is 8.11. The molecule has 7 heteroatoms. The molecule has 0 saturated carbocycles. The molecule has 2 heterocycles. The minimum Gasteiger partial charge on any atom is -0.350 e. The van der Waals surface area contributed by atoms with Crippen molar-refractivity contribution in [1.82, 2.24) is 4.31 Å². The van der Waals surface area contributed by atoms with Crippen LogP contribution in [0.4, 0.5) is 0 Å². The number of sulfonamides is 1. The standard InChI is InChI=1S/C15H18N2O4S/c16-10-12-3-1-5-14(9-12)22(18,19)17-6-2-4-13(11-17)15-20-7-8-21-15/h1,3,5,9,13,15H,2,4,6-8,11H2. The lowest BCUT2D eigenvalue weighted by molar-refractivity contribution is -0.0940. The summed E-state index contributed by atoms with van der Waals surface area (Å²) in [5.74, 6) is 0.0603. The zero-order valence-electron chi connectivity index (χ0n) is 12.1. The van der Waals surface area contributed by atoms with E-state index in [-0.39, 0.29) is 17.1 Å². The number of ether oxygens (including phenoxy) is 2. The molecular formula is C15H18N2O4S. The van der Waals surface area contributed by atoms with Crippen LogP contribution in [-0.2, 0) is 19.5 Å². The summed E-state index contributed by atoms with van der Waals surface area (Å²) in [6.45, 7) is 2.02. The Morgan fingerprint density at radius 3 is 2.77 bits per heavy atom. The van der Waals surface area contributed by atoms with Crippen molar-refractivity contribution in [2.45, 2.75) is 24.0 Å². The van der Waals surface area contributed by atoms with E-state index in [2.05, 4.69) is 0 Å². The number of nitriles is 1. The van der Waals surface area contributed by atoms with Crippen LogP contribution >= 0.6 is 0 Å². The van der Waals surface area contributed by atoms with E-state index in [0.29, 0.717) is 31.9 Å². The zero-order chi connectivity index (χ0) is 15.6. The molecule has 3 rings (SSSR count). The highest BCUT2D eigenvalue weighted by molar-refractivity contribution is 7.89. The molecule has 0 amide bonds. The zero-order valence-corrected chi connectivity index (χ0v) is 13.0. The highest BCUT2D eigenvalue weighted by Crippen LogP contribution is 2.28. The van der Waals surface area contributed by atoms with E-state index >= 15 is 0 Å². The van der Waals surface area contributed by atoms with Gasteiger partial charge in [0, 0.05) is 19.0 Å². The van der Waals surface area contributed by atoms with E-state index in [1.165, 1.54) is 16.4 Å². The van der Waals surface area contributed by atoms with Crippen LogP contribution < -0.4 is 0 Å². The second-order valence-corrected chi connectivity index (χ2v) is 7.45. The Morgan fingerprint density at radius 2 is 2.05 bits per heavy atom. The van der Waals surface area contributed by atoms with Crippen LogP contribution in [0.2, 0.25) is 0 Å². The van der Waals surface area contributed by atoms with Gasteiger partial charge in [0.15, 0.2) is 6.29 Å². The van der Waals surface area contributed by atoms with Crippen LogP contribution in [0.1, 0.15) is 18.4 Å². The quantitative estimate of drug-likeness (QED) is 0.839. The van der Waals surface area contributed by atoms with Gasteiger partial charge in [-0.05, 0) is 31.0 Å². The van der Waals surface area contributed by atoms with Gasteiger partial charge in [-0.15, -0.1) is 0 Å². The van der Waals surface area contributed by atoms with Gasteiger partial charge in [0.1, 0.15) is 0 Å². The molecule has 118 valence electrons. The average molecular weight is 322 g/mol. The highest BCUT2D eigenvalue weighted by atomic mass is 32.2.